The van der Waals surface area contributed by atoms with Gasteiger partial charge in [0.2, 0.25) is 0 Å². The molecular formula is C30H54N4S6. The Morgan fingerprint density at radius 3 is 1.10 bits per heavy atom. The monoisotopic (exact) mass is 662 g/mol. The van der Waals surface area contributed by atoms with Crippen LogP contribution < -0.4 is 0 Å². The number of hydrogen-bond acceptors (Lipinski definition) is 8. The first-order chi connectivity index (χ1) is 19.7. The van der Waals surface area contributed by atoms with Crippen molar-refractivity contribution < 1.29 is 0 Å². The zero-order chi connectivity index (χ0) is 27.8. The van der Waals surface area contributed by atoms with E-state index in [9.17, 15) is 0 Å². The first-order valence-corrected chi connectivity index (χ1v) is 21.3. The van der Waals surface area contributed by atoms with Crippen LogP contribution in [0.3, 0.4) is 0 Å². The summed E-state index contributed by atoms with van der Waals surface area (Å²) in [5.41, 5.74) is 0. The molecule has 4 nitrogen and oxygen atoms in total. The van der Waals surface area contributed by atoms with Crippen LogP contribution in [0.1, 0.15) is 89.9 Å². The van der Waals surface area contributed by atoms with Crippen LogP contribution in [-0.4, -0.2) is 116 Å². The predicted octanol–water partition coefficient (Wildman–Crippen LogP) is 7.87. The van der Waals surface area contributed by atoms with E-state index in [2.05, 4.69) is 41.2 Å². The highest BCUT2D eigenvalue weighted by Gasteiger charge is 2.24. The number of rotatable bonds is 11. The van der Waals surface area contributed by atoms with Crippen molar-refractivity contribution in [3.05, 3.63) is 0 Å². The maximum absolute atomic E-state index is 5.97. The van der Waals surface area contributed by atoms with Gasteiger partial charge in [0.05, 0.1) is 0 Å². The molecule has 0 spiro atoms. The van der Waals surface area contributed by atoms with E-state index in [0.29, 0.717) is 10.5 Å². The zero-order valence-corrected chi connectivity index (χ0v) is 29.7. The number of hydrogen-bond donors (Lipinski definition) is 0. The van der Waals surface area contributed by atoms with Gasteiger partial charge in [0, 0.05) is 61.3 Å². The van der Waals surface area contributed by atoms with Crippen LogP contribution in [0, 0.1) is 0 Å². The van der Waals surface area contributed by atoms with E-state index >= 15 is 0 Å². The summed E-state index contributed by atoms with van der Waals surface area (Å²) in [5, 5.41) is 1.23. The van der Waals surface area contributed by atoms with Crippen LogP contribution in [0.5, 0.6) is 0 Å². The van der Waals surface area contributed by atoms with Gasteiger partial charge in [-0.1, -0.05) is 108 Å². The van der Waals surface area contributed by atoms with Gasteiger partial charge in [-0.3, -0.25) is 0 Å². The Balaban J connectivity index is 1.32. The van der Waals surface area contributed by atoms with E-state index in [1.807, 2.05) is 23.5 Å². The Morgan fingerprint density at radius 2 is 0.750 bits per heavy atom. The van der Waals surface area contributed by atoms with Crippen molar-refractivity contribution in [1.29, 1.82) is 0 Å². The Labute approximate surface area is 273 Å². The molecule has 4 heterocycles. The van der Waals surface area contributed by atoms with Gasteiger partial charge in [-0.15, -0.1) is 0 Å². The number of likely N-dealkylation sites (tertiary alicyclic amines) is 4. The van der Waals surface area contributed by atoms with Crippen LogP contribution in [0.15, 0.2) is 0 Å². The molecule has 2 unspecified atom stereocenters. The summed E-state index contributed by atoms with van der Waals surface area (Å²) < 4.78 is 2.30. The predicted molar refractivity (Wildman–Crippen MR) is 194 cm³/mol. The minimum absolute atomic E-state index is 0.615. The lowest BCUT2D eigenvalue weighted by Crippen LogP contribution is -2.38. The van der Waals surface area contributed by atoms with Gasteiger partial charge in [-0.25, -0.2) is 0 Å². The van der Waals surface area contributed by atoms with Crippen molar-refractivity contribution in [1.82, 2.24) is 19.6 Å². The van der Waals surface area contributed by atoms with Crippen LogP contribution in [0.25, 0.3) is 0 Å². The van der Waals surface area contributed by atoms with E-state index in [0.717, 1.165) is 46.3 Å². The summed E-state index contributed by atoms with van der Waals surface area (Å²) in [6.07, 6.45) is 19.0. The molecule has 0 aliphatic carbocycles. The lowest BCUT2D eigenvalue weighted by Gasteiger charge is -2.33. The molecule has 0 radical (unpaired) electrons. The Kier molecular flexibility index (Phi) is 17.2. The molecule has 0 aromatic rings. The highest BCUT2D eigenvalue weighted by atomic mass is 33.1. The molecule has 0 aromatic carbocycles. The van der Waals surface area contributed by atoms with Gasteiger partial charge >= 0.3 is 0 Å². The van der Waals surface area contributed by atoms with Crippen LogP contribution >= 0.6 is 69.5 Å². The average Bonchev–Trinajstić information content (AvgIpc) is 3.44. The van der Waals surface area contributed by atoms with Crippen molar-refractivity contribution in [2.45, 2.75) is 100 Å². The van der Waals surface area contributed by atoms with E-state index in [-0.39, 0.29) is 0 Å². The Morgan fingerprint density at radius 1 is 0.450 bits per heavy atom. The number of thiocarbonyl (C=S) groups is 2. The second-order valence-electron chi connectivity index (χ2n) is 12.1. The molecule has 0 saturated carbocycles. The SMILES string of the molecule is S=C(SCC(CN1CCCCC1)SSC(CSC(=S)N1CCCCCC1)CN1CCCCC1)N1CCCCCC1. The molecule has 0 aromatic heterocycles. The van der Waals surface area contributed by atoms with Crippen LogP contribution in [-0.2, 0) is 0 Å². The number of thioether (sulfide) groups is 2. The number of piperidine rings is 2. The molecule has 4 rings (SSSR count). The summed E-state index contributed by atoms with van der Waals surface area (Å²) >= 11 is 15.9. The van der Waals surface area contributed by atoms with Crippen LogP contribution in [0.2, 0.25) is 0 Å². The highest BCUT2D eigenvalue weighted by molar-refractivity contribution is 8.77. The second-order valence-corrected chi connectivity index (χ2v) is 18.3. The molecule has 40 heavy (non-hydrogen) atoms. The molecular weight excluding hydrogens is 609 g/mol. The summed E-state index contributed by atoms with van der Waals surface area (Å²) in [7, 11) is 4.35. The fourth-order valence-corrected chi connectivity index (χ4v) is 12.6. The molecule has 4 saturated heterocycles. The summed E-state index contributed by atoms with van der Waals surface area (Å²) in [6, 6.07) is 0. The summed E-state index contributed by atoms with van der Waals surface area (Å²) in [5.74, 6) is 2.28. The lowest BCUT2D eigenvalue weighted by molar-refractivity contribution is 0.232. The minimum atomic E-state index is 0.615. The lowest BCUT2D eigenvalue weighted by atomic mass is 10.1. The fourth-order valence-electron chi connectivity index (χ4n) is 6.26. The Hall–Kier alpha value is 1.10. The zero-order valence-electron chi connectivity index (χ0n) is 24.8. The molecule has 10 heteroatoms. The third-order valence-corrected chi connectivity index (χ3v) is 15.7. The molecule has 0 amide bonds. The summed E-state index contributed by atoms with van der Waals surface area (Å²) in [4.78, 5) is 10.5. The second kappa shape index (κ2) is 20.2. The van der Waals surface area contributed by atoms with Gasteiger partial charge < -0.3 is 19.6 Å². The maximum Gasteiger partial charge on any atom is 0.136 e. The minimum Gasteiger partial charge on any atom is -0.358 e. The molecule has 4 aliphatic rings. The first kappa shape index (κ1) is 34.0. The van der Waals surface area contributed by atoms with E-state index in [1.165, 1.54) is 129 Å². The van der Waals surface area contributed by atoms with Crippen molar-refractivity contribution in [3.8, 4) is 0 Å². The van der Waals surface area contributed by atoms with Crippen LogP contribution in [0.4, 0.5) is 0 Å². The standard InChI is InChI=1S/C30H54N4S6/c35-29(33-19-11-1-2-12-20-33)37-25-27(23-31-15-7-5-8-16-31)39-40-28(24-32-17-9-6-10-18-32)26-38-30(36)34-21-13-3-4-14-22-34/h27-28H,1-26H2. The summed E-state index contributed by atoms with van der Waals surface area (Å²) in [6.45, 7) is 12.2. The van der Waals surface area contributed by atoms with E-state index in [1.54, 1.807) is 0 Å². The van der Waals surface area contributed by atoms with Crippen molar-refractivity contribution in [2.24, 2.45) is 0 Å². The Bertz CT molecular complexity index is 655. The normalized spacial score (nSPS) is 23.8. The molecule has 4 aliphatic heterocycles. The van der Waals surface area contributed by atoms with Crippen molar-refractivity contribution >= 4 is 78.2 Å². The van der Waals surface area contributed by atoms with Crippen molar-refractivity contribution in [3.63, 3.8) is 0 Å². The number of nitrogens with zero attached hydrogens (tertiary/aromatic N) is 4. The maximum atomic E-state index is 5.97. The smallest absolute Gasteiger partial charge is 0.136 e. The van der Waals surface area contributed by atoms with Crippen molar-refractivity contribution in [2.75, 3.05) is 77.0 Å². The topological polar surface area (TPSA) is 13.0 Å². The molecule has 0 bridgehead atoms. The molecule has 4 fully saturated rings. The third kappa shape index (κ3) is 13.0. The van der Waals surface area contributed by atoms with Gasteiger partial charge in [-0.05, 0) is 77.5 Å². The fraction of sp³-hybridized carbons (Fsp3) is 0.933. The quantitative estimate of drug-likeness (QED) is 0.159. The first-order valence-electron chi connectivity index (χ1n) is 16.3. The van der Waals surface area contributed by atoms with E-state index in [4.69, 9.17) is 24.4 Å². The van der Waals surface area contributed by atoms with Gasteiger partial charge in [0.25, 0.3) is 0 Å². The molecule has 0 N–H and O–H groups in total. The van der Waals surface area contributed by atoms with Gasteiger partial charge in [0.15, 0.2) is 0 Å². The largest absolute Gasteiger partial charge is 0.358 e. The van der Waals surface area contributed by atoms with E-state index < -0.39 is 0 Å². The van der Waals surface area contributed by atoms with Gasteiger partial charge in [0.1, 0.15) is 8.64 Å². The molecule has 2 atom stereocenters. The average molecular weight is 663 g/mol. The third-order valence-electron chi connectivity index (χ3n) is 8.66. The van der Waals surface area contributed by atoms with Gasteiger partial charge in [-0.2, -0.15) is 0 Å². The highest BCUT2D eigenvalue weighted by Crippen LogP contribution is 2.37. The molecule has 230 valence electrons.